The molecule has 1 unspecified atom stereocenters. The first-order valence-corrected chi connectivity index (χ1v) is 7.53. The lowest BCUT2D eigenvalue weighted by Gasteiger charge is -2.11. The normalized spacial score (nSPS) is 11.9. The van der Waals surface area contributed by atoms with Gasteiger partial charge in [0.05, 0.1) is 5.25 Å². The summed E-state index contributed by atoms with van der Waals surface area (Å²) in [6, 6.07) is 17.6. The summed E-state index contributed by atoms with van der Waals surface area (Å²) in [5, 5.41) is 2.52. The van der Waals surface area contributed by atoms with E-state index in [1.807, 2.05) is 54.6 Å². The van der Waals surface area contributed by atoms with Crippen molar-refractivity contribution in [3.8, 4) is 0 Å². The quantitative estimate of drug-likeness (QED) is 0.611. The molecule has 2 aromatic carbocycles. The van der Waals surface area contributed by atoms with Crippen LogP contribution in [-0.2, 0) is 11.2 Å². The van der Waals surface area contributed by atoms with Gasteiger partial charge in [-0.2, -0.15) is 12.6 Å². The van der Waals surface area contributed by atoms with Gasteiger partial charge in [-0.1, -0.05) is 30.3 Å². The molecule has 2 rings (SSSR count). The molecule has 0 saturated heterocycles. The van der Waals surface area contributed by atoms with E-state index < -0.39 is 0 Å². The Labute approximate surface area is 132 Å². The van der Waals surface area contributed by atoms with Gasteiger partial charge >= 0.3 is 0 Å². The third kappa shape index (κ3) is 4.54. The SMILES string of the molecule is O=C(Nc1ccc(I)cc1)C(S)Cc1ccccc1. The first-order chi connectivity index (χ1) is 9.15. The summed E-state index contributed by atoms with van der Waals surface area (Å²) >= 11 is 6.60. The molecule has 4 heteroatoms. The van der Waals surface area contributed by atoms with E-state index in [9.17, 15) is 4.79 Å². The molecule has 2 aromatic rings. The summed E-state index contributed by atoms with van der Waals surface area (Å²) in [4.78, 5) is 12.0. The lowest BCUT2D eigenvalue weighted by atomic mass is 10.1. The van der Waals surface area contributed by atoms with Crippen molar-refractivity contribution < 1.29 is 4.79 Å². The fourth-order valence-corrected chi connectivity index (χ4v) is 2.32. The van der Waals surface area contributed by atoms with Gasteiger partial charge in [0.25, 0.3) is 0 Å². The Morgan fingerprint density at radius 3 is 2.37 bits per heavy atom. The third-order valence-corrected chi connectivity index (χ3v) is 3.82. The van der Waals surface area contributed by atoms with Gasteiger partial charge < -0.3 is 5.32 Å². The number of halogens is 1. The second-order valence-electron chi connectivity index (χ2n) is 4.20. The van der Waals surface area contributed by atoms with Crippen molar-refractivity contribution >= 4 is 46.8 Å². The number of carbonyl (C=O) groups excluding carboxylic acids is 1. The van der Waals surface area contributed by atoms with Gasteiger partial charge in [-0.3, -0.25) is 4.79 Å². The van der Waals surface area contributed by atoms with E-state index in [0.717, 1.165) is 14.8 Å². The molecule has 19 heavy (non-hydrogen) atoms. The monoisotopic (exact) mass is 383 g/mol. The minimum atomic E-state index is -0.346. The average molecular weight is 383 g/mol. The lowest BCUT2D eigenvalue weighted by Crippen LogP contribution is -2.25. The minimum Gasteiger partial charge on any atom is -0.325 e. The van der Waals surface area contributed by atoms with Crippen molar-refractivity contribution in [2.75, 3.05) is 5.32 Å². The maximum atomic E-state index is 12.0. The van der Waals surface area contributed by atoms with Crippen molar-refractivity contribution in [1.29, 1.82) is 0 Å². The van der Waals surface area contributed by atoms with E-state index in [0.29, 0.717) is 6.42 Å². The molecule has 0 spiro atoms. The molecule has 0 aliphatic heterocycles. The number of hydrogen-bond donors (Lipinski definition) is 2. The molecule has 0 fully saturated rings. The summed E-state index contributed by atoms with van der Waals surface area (Å²) in [6.45, 7) is 0. The van der Waals surface area contributed by atoms with Crippen molar-refractivity contribution in [3.05, 3.63) is 63.7 Å². The maximum Gasteiger partial charge on any atom is 0.237 e. The van der Waals surface area contributed by atoms with Crippen LogP contribution in [0.4, 0.5) is 5.69 Å². The zero-order valence-electron chi connectivity index (χ0n) is 10.2. The number of nitrogens with one attached hydrogen (secondary N) is 1. The van der Waals surface area contributed by atoms with Crippen molar-refractivity contribution in [2.45, 2.75) is 11.7 Å². The highest BCUT2D eigenvalue weighted by molar-refractivity contribution is 14.1. The predicted octanol–water partition coefficient (Wildman–Crippen LogP) is 3.77. The number of rotatable bonds is 4. The van der Waals surface area contributed by atoms with Crippen LogP contribution in [0.2, 0.25) is 0 Å². The molecule has 0 saturated carbocycles. The molecule has 0 aromatic heterocycles. The van der Waals surface area contributed by atoms with Gasteiger partial charge in [0.2, 0.25) is 5.91 Å². The van der Waals surface area contributed by atoms with Crippen LogP contribution < -0.4 is 5.32 Å². The summed E-state index contributed by atoms with van der Waals surface area (Å²) in [5.74, 6) is -0.0756. The highest BCUT2D eigenvalue weighted by Gasteiger charge is 2.14. The second kappa shape index (κ2) is 6.96. The number of anilines is 1. The topological polar surface area (TPSA) is 29.1 Å². The molecule has 1 amide bonds. The van der Waals surface area contributed by atoms with Crippen molar-refractivity contribution in [2.24, 2.45) is 0 Å². The molecule has 1 atom stereocenters. The number of amides is 1. The second-order valence-corrected chi connectivity index (χ2v) is 6.07. The fraction of sp³-hybridized carbons (Fsp3) is 0.133. The zero-order chi connectivity index (χ0) is 13.7. The summed E-state index contributed by atoms with van der Waals surface area (Å²) < 4.78 is 1.14. The number of thiol groups is 1. The van der Waals surface area contributed by atoms with Crippen LogP contribution in [-0.4, -0.2) is 11.2 Å². The van der Waals surface area contributed by atoms with Gasteiger partial charge in [-0.25, -0.2) is 0 Å². The van der Waals surface area contributed by atoms with E-state index in [1.54, 1.807) is 0 Å². The van der Waals surface area contributed by atoms with Crippen molar-refractivity contribution in [3.63, 3.8) is 0 Å². The molecule has 0 heterocycles. The van der Waals surface area contributed by atoms with Crippen LogP contribution in [0, 0.1) is 3.57 Å². The Balaban J connectivity index is 1.94. The maximum absolute atomic E-state index is 12.0. The van der Waals surface area contributed by atoms with Crippen molar-refractivity contribution in [1.82, 2.24) is 0 Å². The molecular formula is C15H14INOS. The molecule has 98 valence electrons. The summed E-state index contributed by atoms with van der Waals surface area (Å²) in [6.07, 6.45) is 0.625. The van der Waals surface area contributed by atoms with Crippen LogP contribution in [0.3, 0.4) is 0 Å². The molecule has 0 aliphatic rings. The largest absolute Gasteiger partial charge is 0.325 e. The van der Waals surface area contributed by atoms with Crippen LogP contribution in [0.5, 0.6) is 0 Å². The minimum absolute atomic E-state index is 0.0756. The first kappa shape index (κ1) is 14.4. The van der Waals surface area contributed by atoms with Gasteiger partial charge in [-0.05, 0) is 58.8 Å². The Hall–Kier alpha value is -1.01. The Bertz CT molecular complexity index is 542. The van der Waals surface area contributed by atoms with E-state index in [4.69, 9.17) is 0 Å². The van der Waals surface area contributed by atoms with Gasteiger partial charge in [-0.15, -0.1) is 0 Å². The Morgan fingerprint density at radius 2 is 1.74 bits per heavy atom. The van der Waals surface area contributed by atoms with E-state index in [-0.39, 0.29) is 11.2 Å². The Morgan fingerprint density at radius 1 is 1.11 bits per heavy atom. The highest BCUT2D eigenvalue weighted by atomic mass is 127. The molecule has 0 aliphatic carbocycles. The summed E-state index contributed by atoms with van der Waals surface area (Å²) in [5.41, 5.74) is 1.91. The molecule has 0 radical (unpaired) electrons. The number of benzene rings is 2. The highest BCUT2D eigenvalue weighted by Crippen LogP contribution is 2.14. The Kier molecular flexibility index (Phi) is 5.27. The van der Waals surface area contributed by atoms with E-state index in [2.05, 4.69) is 40.5 Å². The van der Waals surface area contributed by atoms with Crippen LogP contribution >= 0.6 is 35.2 Å². The zero-order valence-corrected chi connectivity index (χ0v) is 13.3. The standard InChI is InChI=1S/C15H14INOS/c16-12-6-8-13(9-7-12)17-15(18)14(19)10-11-4-2-1-3-5-11/h1-9,14,19H,10H2,(H,17,18). The van der Waals surface area contributed by atoms with Gasteiger partial charge in [0, 0.05) is 9.26 Å². The first-order valence-electron chi connectivity index (χ1n) is 5.93. The van der Waals surface area contributed by atoms with Gasteiger partial charge in [0.1, 0.15) is 0 Å². The van der Waals surface area contributed by atoms with E-state index in [1.165, 1.54) is 0 Å². The fourth-order valence-electron chi connectivity index (χ4n) is 1.69. The molecule has 1 N–H and O–H groups in total. The molecule has 0 bridgehead atoms. The van der Waals surface area contributed by atoms with Gasteiger partial charge in [0.15, 0.2) is 0 Å². The van der Waals surface area contributed by atoms with Crippen LogP contribution in [0.25, 0.3) is 0 Å². The lowest BCUT2D eigenvalue weighted by molar-refractivity contribution is -0.115. The molecular weight excluding hydrogens is 369 g/mol. The van der Waals surface area contributed by atoms with Crippen LogP contribution in [0.15, 0.2) is 54.6 Å². The summed E-state index contributed by atoms with van der Waals surface area (Å²) in [7, 11) is 0. The average Bonchev–Trinajstić information content (AvgIpc) is 2.42. The van der Waals surface area contributed by atoms with E-state index >= 15 is 0 Å². The van der Waals surface area contributed by atoms with Crippen LogP contribution in [0.1, 0.15) is 5.56 Å². The molecule has 2 nitrogen and oxygen atoms in total. The number of carbonyl (C=O) groups is 1. The number of hydrogen-bond acceptors (Lipinski definition) is 2. The smallest absolute Gasteiger partial charge is 0.237 e. The third-order valence-electron chi connectivity index (χ3n) is 2.69. The predicted molar refractivity (Wildman–Crippen MR) is 90.7 cm³/mol.